The number of fused-ring (bicyclic) bond motifs is 9. The minimum absolute atomic E-state index is 0.255. The molecule has 0 radical (unpaired) electrons. The van der Waals surface area contributed by atoms with E-state index in [0.29, 0.717) is 0 Å². The molecule has 0 atom stereocenters. The molecule has 0 saturated heterocycles. The molecular weight excluding hydrogens is 791 g/mol. The Kier molecular flexibility index (Phi) is 8.00. The maximum atomic E-state index is 6.99. The molecule has 0 bridgehead atoms. The van der Waals surface area contributed by atoms with Crippen molar-refractivity contribution in [2.45, 2.75) is 38.5 Å². The van der Waals surface area contributed by atoms with Crippen LogP contribution in [0.15, 0.2) is 200 Å². The van der Waals surface area contributed by atoms with Gasteiger partial charge in [-0.05, 0) is 74.6 Å². The van der Waals surface area contributed by atoms with E-state index in [1.54, 1.807) is 0 Å². The zero-order valence-corrected chi connectivity index (χ0v) is 36.8. The zero-order chi connectivity index (χ0) is 43.6. The normalized spacial score (nSPS) is 14.3. The highest BCUT2D eigenvalue weighted by molar-refractivity contribution is 6.24. The molecule has 0 aliphatic carbocycles. The van der Waals surface area contributed by atoms with Gasteiger partial charge in [0.2, 0.25) is 0 Å². The van der Waals surface area contributed by atoms with Crippen molar-refractivity contribution >= 4 is 43.4 Å². The predicted molar refractivity (Wildman–Crippen MR) is 269 cm³/mol. The second-order valence-corrected chi connectivity index (χ2v) is 18.8. The highest BCUT2D eigenvalue weighted by atomic mass is 16.5. The van der Waals surface area contributed by atoms with Crippen molar-refractivity contribution in [2.75, 3.05) is 0 Å². The summed E-state index contributed by atoms with van der Waals surface area (Å²) in [6, 6.07) is 72.9. The Labute approximate surface area is 378 Å². The fourth-order valence-corrected chi connectivity index (χ4v) is 11.3. The number of ether oxygens (including phenoxy) is 2. The molecule has 0 fully saturated rings. The topological polar surface area (TPSA) is 23.4 Å². The zero-order valence-electron chi connectivity index (χ0n) is 36.8. The first-order valence-corrected chi connectivity index (χ1v) is 22.7. The molecule has 0 spiro atoms. The third-order valence-corrected chi connectivity index (χ3v) is 14.5. The molecular formula is C62H45NO2. The highest BCUT2D eigenvalue weighted by Gasteiger charge is 2.37. The van der Waals surface area contributed by atoms with Crippen molar-refractivity contribution in [2.24, 2.45) is 0 Å². The molecule has 0 saturated carbocycles. The van der Waals surface area contributed by atoms with Crippen LogP contribution in [0.25, 0.3) is 82.4 Å². The van der Waals surface area contributed by atoms with Gasteiger partial charge in [0.1, 0.15) is 23.0 Å². The quantitative estimate of drug-likeness (QED) is 0.165. The van der Waals surface area contributed by atoms with Gasteiger partial charge in [-0.25, -0.2) is 0 Å². The van der Waals surface area contributed by atoms with Gasteiger partial charge in [-0.1, -0.05) is 191 Å². The first-order chi connectivity index (χ1) is 31.8. The fourth-order valence-electron chi connectivity index (χ4n) is 11.3. The summed E-state index contributed by atoms with van der Waals surface area (Å²) in [6.07, 6.45) is 0. The summed E-state index contributed by atoms with van der Waals surface area (Å²) in [4.78, 5) is 0. The van der Waals surface area contributed by atoms with Crippen LogP contribution in [0, 0.1) is 0 Å². The van der Waals surface area contributed by atoms with Gasteiger partial charge in [-0.3, -0.25) is 0 Å². The molecule has 2 aliphatic heterocycles. The van der Waals surface area contributed by atoms with Crippen LogP contribution in [0.2, 0.25) is 0 Å². The van der Waals surface area contributed by atoms with E-state index >= 15 is 0 Å². The van der Waals surface area contributed by atoms with Gasteiger partial charge in [0.15, 0.2) is 0 Å². The Morgan fingerprint density at radius 3 is 1.35 bits per heavy atom. The molecule has 3 heteroatoms. The van der Waals surface area contributed by atoms with Crippen molar-refractivity contribution in [3.8, 4) is 62.1 Å². The largest absolute Gasteiger partial charge is 0.456 e. The lowest BCUT2D eigenvalue weighted by Crippen LogP contribution is -2.24. The summed E-state index contributed by atoms with van der Waals surface area (Å²) in [5.74, 6) is 3.64. The summed E-state index contributed by atoms with van der Waals surface area (Å²) >= 11 is 0. The van der Waals surface area contributed by atoms with E-state index < -0.39 is 0 Å². The summed E-state index contributed by atoms with van der Waals surface area (Å²) in [6.45, 7) is 9.25. The maximum absolute atomic E-state index is 6.99. The van der Waals surface area contributed by atoms with Crippen LogP contribution in [0.1, 0.15) is 49.9 Å². The molecule has 1 aromatic heterocycles. The highest BCUT2D eigenvalue weighted by Crippen LogP contribution is 2.55. The molecule has 10 aromatic carbocycles. The molecule has 3 nitrogen and oxygen atoms in total. The summed E-state index contributed by atoms with van der Waals surface area (Å²) in [5, 5.41) is 7.13. The van der Waals surface area contributed by atoms with E-state index in [1.807, 2.05) is 0 Å². The van der Waals surface area contributed by atoms with Crippen molar-refractivity contribution in [3.63, 3.8) is 0 Å². The number of rotatable bonds is 4. The van der Waals surface area contributed by atoms with Gasteiger partial charge < -0.3 is 14.0 Å². The van der Waals surface area contributed by atoms with Gasteiger partial charge in [0.05, 0.1) is 11.0 Å². The summed E-state index contributed by atoms with van der Waals surface area (Å²) in [7, 11) is 0. The molecule has 0 unspecified atom stereocenters. The van der Waals surface area contributed by atoms with Crippen molar-refractivity contribution in [1.29, 1.82) is 0 Å². The standard InChI is InChI=1S/C62H45NO2/c1-61(2)50-30-9-12-35-55(50)64-59-45(27-17-32-52(59)61)39-22-14-24-42-48(39)37-49-40(46-28-18-33-53-60(46)65-56-36-13-10-31-51(56)62(53,3)4)23-15-25-43(49)57(42)47-29-16-26-44-41-21-8-11-34-54(41)63(58(44)47)38-19-6-5-7-20-38/h5-37H,1-4H3. The van der Waals surface area contributed by atoms with E-state index in [4.69, 9.17) is 9.47 Å². The number of hydrogen-bond acceptors (Lipinski definition) is 2. The van der Waals surface area contributed by atoms with E-state index in [0.717, 1.165) is 61.7 Å². The maximum Gasteiger partial charge on any atom is 0.139 e. The minimum atomic E-state index is -0.255. The monoisotopic (exact) mass is 835 g/mol. The first kappa shape index (κ1) is 37.7. The van der Waals surface area contributed by atoms with Crippen LogP contribution in [0.4, 0.5) is 0 Å². The molecule has 2 aliphatic rings. The number of benzene rings is 10. The van der Waals surface area contributed by atoms with Crippen LogP contribution in [-0.4, -0.2) is 4.57 Å². The first-order valence-electron chi connectivity index (χ1n) is 22.7. The van der Waals surface area contributed by atoms with Crippen LogP contribution in [-0.2, 0) is 10.8 Å². The molecule has 65 heavy (non-hydrogen) atoms. The average Bonchev–Trinajstić information content (AvgIpc) is 3.68. The number of hydrogen-bond donors (Lipinski definition) is 0. The Hall–Kier alpha value is -7.88. The van der Waals surface area contributed by atoms with Crippen molar-refractivity contribution in [1.82, 2.24) is 4.57 Å². The van der Waals surface area contributed by atoms with Crippen LogP contribution < -0.4 is 9.47 Å². The van der Waals surface area contributed by atoms with E-state index in [-0.39, 0.29) is 10.8 Å². The van der Waals surface area contributed by atoms with Crippen LogP contribution in [0.5, 0.6) is 23.0 Å². The molecule has 0 N–H and O–H groups in total. The number of para-hydroxylation sites is 7. The predicted octanol–water partition coefficient (Wildman–Crippen LogP) is 17.0. The number of aromatic nitrogens is 1. The Balaban J connectivity index is 1.16. The molecule has 310 valence electrons. The van der Waals surface area contributed by atoms with Gasteiger partial charge in [-0.2, -0.15) is 0 Å². The Morgan fingerprint density at radius 1 is 0.338 bits per heavy atom. The lowest BCUT2D eigenvalue weighted by Gasteiger charge is -2.35. The van der Waals surface area contributed by atoms with Gasteiger partial charge in [0.25, 0.3) is 0 Å². The van der Waals surface area contributed by atoms with Crippen molar-refractivity contribution in [3.05, 3.63) is 222 Å². The fraction of sp³-hybridized carbons (Fsp3) is 0.0968. The Bertz CT molecular complexity index is 3610. The van der Waals surface area contributed by atoms with E-state index in [9.17, 15) is 0 Å². The second-order valence-electron chi connectivity index (χ2n) is 18.8. The number of nitrogens with zero attached hydrogens (tertiary/aromatic N) is 1. The minimum Gasteiger partial charge on any atom is -0.456 e. The summed E-state index contributed by atoms with van der Waals surface area (Å²) < 4.78 is 16.4. The Morgan fingerprint density at radius 2 is 0.769 bits per heavy atom. The van der Waals surface area contributed by atoms with Crippen LogP contribution >= 0.6 is 0 Å². The van der Waals surface area contributed by atoms with Crippen LogP contribution in [0.3, 0.4) is 0 Å². The smallest absolute Gasteiger partial charge is 0.139 e. The second kappa shape index (κ2) is 13.8. The summed E-state index contributed by atoms with van der Waals surface area (Å²) in [5.41, 5.74) is 14.5. The van der Waals surface area contributed by atoms with Gasteiger partial charge in [0, 0.05) is 66.2 Å². The molecule has 0 amide bonds. The molecule has 3 heterocycles. The molecule has 13 rings (SSSR count). The lowest BCUT2D eigenvalue weighted by molar-refractivity contribution is 0.419. The van der Waals surface area contributed by atoms with Gasteiger partial charge >= 0.3 is 0 Å². The third-order valence-electron chi connectivity index (χ3n) is 14.5. The third kappa shape index (κ3) is 5.36. The molecule has 11 aromatic rings. The lowest BCUT2D eigenvalue weighted by atomic mass is 9.74. The van der Waals surface area contributed by atoms with E-state index in [1.165, 1.54) is 66.0 Å². The van der Waals surface area contributed by atoms with Gasteiger partial charge in [-0.15, -0.1) is 0 Å². The average molecular weight is 836 g/mol. The van der Waals surface area contributed by atoms with Crippen molar-refractivity contribution < 1.29 is 9.47 Å². The van der Waals surface area contributed by atoms with E-state index in [2.05, 4.69) is 232 Å². The SMILES string of the molecule is CC1(C)c2ccccc2Oc2c(-c3cccc4c(-c5cccc6c7ccccc7n(-c7ccccc7)c56)c5cccc(-c6cccc7c6Oc6ccccc6C7(C)C)c5cc34)cccc21.